The van der Waals surface area contributed by atoms with E-state index in [0.717, 1.165) is 17.1 Å². The fourth-order valence-electron chi connectivity index (χ4n) is 3.00. The first-order valence-corrected chi connectivity index (χ1v) is 9.01. The second-order valence-corrected chi connectivity index (χ2v) is 6.59. The van der Waals surface area contributed by atoms with Gasteiger partial charge in [-0.2, -0.15) is 5.10 Å². The van der Waals surface area contributed by atoms with Gasteiger partial charge in [0.1, 0.15) is 5.75 Å². The van der Waals surface area contributed by atoms with Crippen molar-refractivity contribution in [3.8, 4) is 5.75 Å². The third kappa shape index (κ3) is 4.39. The largest absolute Gasteiger partial charge is 0.494 e. The highest BCUT2D eigenvalue weighted by Crippen LogP contribution is 2.15. The molecule has 144 valence electrons. The molecular formula is C19H25N5O3. The Balaban J connectivity index is 1.58. The molecule has 0 fully saturated rings. The Labute approximate surface area is 158 Å². The number of hydrogen-bond donors (Lipinski definition) is 1. The van der Waals surface area contributed by atoms with Crippen molar-refractivity contribution in [3.63, 3.8) is 0 Å². The number of benzene rings is 1. The molecule has 0 saturated carbocycles. The van der Waals surface area contributed by atoms with E-state index in [1.54, 1.807) is 48.2 Å². The standard InChI is InChI=1S/C19H25N5O3/c1-4-27-17-7-5-14(6-8-17)18(25)20-12-15-11-16-13-23(19(26)22(2)3)9-10-24(16)21-15/h5-8,11H,4,9-10,12-13H2,1-3H3,(H,20,25). The normalized spacial score (nSPS) is 13.1. The van der Waals surface area contributed by atoms with E-state index >= 15 is 0 Å². The highest BCUT2D eigenvalue weighted by Gasteiger charge is 2.23. The van der Waals surface area contributed by atoms with E-state index in [2.05, 4.69) is 10.4 Å². The van der Waals surface area contributed by atoms with Crippen molar-refractivity contribution in [2.45, 2.75) is 26.6 Å². The first kappa shape index (κ1) is 18.8. The molecule has 0 unspecified atom stereocenters. The monoisotopic (exact) mass is 371 g/mol. The molecule has 0 bridgehead atoms. The van der Waals surface area contributed by atoms with Gasteiger partial charge in [0.25, 0.3) is 5.91 Å². The Kier molecular flexibility index (Phi) is 5.63. The van der Waals surface area contributed by atoms with Crippen LogP contribution in [-0.2, 0) is 19.6 Å². The van der Waals surface area contributed by atoms with Gasteiger partial charge in [0, 0.05) is 26.2 Å². The highest BCUT2D eigenvalue weighted by atomic mass is 16.5. The summed E-state index contributed by atoms with van der Waals surface area (Å²) in [6.45, 7) is 4.66. The van der Waals surface area contributed by atoms with E-state index in [4.69, 9.17) is 4.74 Å². The number of fused-ring (bicyclic) bond motifs is 1. The van der Waals surface area contributed by atoms with Gasteiger partial charge in [-0.15, -0.1) is 0 Å². The van der Waals surface area contributed by atoms with Crippen LogP contribution in [0.5, 0.6) is 5.75 Å². The van der Waals surface area contributed by atoms with Crippen LogP contribution in [0.1, 0.15) is 28.7 Å². The number of urea groups is 1. The molecule has 1 aliphatic heterocycles. The smallest absolute Gasteiger partial charge is 0.319 e. The van der Waals surface area contributed by atoms with Crippen LogP contribution in [0.4, 0.5) is 4.79 Å². The molecule has 27 heavy (non-hydrogen) atoms. The number of nitrogens with one attached hydrogen (secondary N) is 1. The summed E-state index contributed by atoms with van der Waals surface area (Å²) in [4.78, 5) is 27.8. The number of carbonyl (C=O) groups is 2. The van der Waals surface area contributed by atoms with E-state index < -0.39 is 0 Å². The van der Waals surface area contributed by atoms with Crippen LogP contribution in [0.25, 0.3) is 0 Å². The van der Waals surface area contributed by atoms with Gasteiger partial charge in [0.15, 0.2) is 0 Å². The minimum atomic E-state index is -0.159. The topological polar surface area (TPSA) is 79.7 Å². The third-order valence-corrected chi connectivity index (χ3v) is 4.36. The summed E-state index contributed by atoms with van der Waals surface area (Å²) < 4.78 is 7.28. The molecule has 1 N–H and O–H groups in total. The first-order chi connectivity index (χ1) is 13.0. The fourth-order valence-corrected chi connectivity index (χ4v) is 3.00. The molecule has 0 radical (unpaired) electrons. The minimum absolute atomic E-state index is 0.00666. The van der Waals surface area contributed by atoms with E-state index in [0.29, 0.717) is 38.3 Å². The van der Waals surface area contributed by atoms with Crippen LogP contribution >= 0.6 is 0 Å². The van der Waals surface area contributed by atoms with Crippen LogP contribution in [0.15, 0.2) is 30.3 Å². The van der Waals surface area contributed by atoms with Crippen LogP contribution in [0.3, 0.4) is 0 Å². The van der Waals surface area contributed by atoms with Crippen LogP contribution in [0.2, 0.25) is 0 Å². The Hall–Kier alpha value is -3.03. The van der Waals surface area contributed by atoms with Crippen LogP contribution in [-0.4, -0.2) is 58.8 Å². The molecule has 0 saturated heterocycles. The van der Waals surface area contributed by atoms with E-state index in [1.165, 1.54) is 0 Å². The molecule has 2 aromatic rings. The quantitative estimate of drug-likeness (QED) is 0.868. The Morgan fingerprint density at radius 1 is 1.22 bits per heavy atom. The third-order valence-electron chi connectivity index (χ3n) is 4.36. The van der Waals surface area contributed by atoms with E-state index in [-0.39, 0.29) is 11.9 Å². The van der Waals surface area contributed by atoms with Gasteiger partial charge in [-0.3, -0.25) is 9.48 Å². The summed E-state index contributed by atoms with van der Waals surface area (Å²) in [6.07, 6.45) is 0. The lowest BCUT2D eigenvalue weighted by Crippen LogP contribution is -2.43. The highest BCUT2D eigenvalue weighted by molar-refractivity contribution is 5.94. The minimum Gasteiger partial charge on any atom is -0.494 e. The molecule has 1 aromatic carbocycles. The zero-order valence-corrected chi connectivity index (χ0v) is 15.9. The molecule has 0 spiro atoms. The molecular weight excluding hydrogens is 346 g/mol. The van der Waals surface area contributed by atoms with Crippen LogP contribution in [0, 0.1) is 0 Å². The van der Waals surface area contributed by atoms with Gasteiger partial charge in [-0.25, -0.2) is 4.79 Å². The molecule has 3 rings (SSSR count). The predicted molar refractivity (Wildman–Crippen MR) is 101 cm³/mol. The zero-order chi connectivity index (χ0) is 19.4. The number of ether oxygens (including phenoxy) is 1. The zero-order valence-electron chi connectivity index (χ0n) is 15.9. The average Bonchev–Trinajstić information content (AvgIpc) is 3.08. The summed E-state index contributed by atoms with van der Waals surface area (Å²) >= 11 is 0. The fraction of sp³-hybridized carbons (Fsp3) is 0.421. The van der Waals surface area contributed by atoms with Crippen molar-refractivity contribution in [1.29, 1.82) is 0 Å². The summed E-state index contributed by atoms with van der Waals surface area (Å²) in [5, 5.41) is 7.41. The maximum absolute atomic E-state index is 12.3. The number of amides is 3. The van der Waals surface area contributed by atoms with Gasteiger partial charge < -0.3 is 19.9 Å². The summed E-state index contributed by atoms with van der Waals surface area (Å²) in [6, 6.07) is 8.97. The van der Waals surface area contributed by atoms with Gasteiger partial charge >= 0.3 is 6.03 Å². The second-order valence-electron chi connectivity index (χ2n) is 6.59. The van der Waals surface area contributed by atoms with Gasteiger partial charge in [0.05, 0.1) is 37.6 Å². The molecule has 8 heteroatoms. The Bertz CT molecular complexity index is 813. The Morgan fingerprint density at radius 3 is 2.63 bits per heavy atom. The number of nitrogens with zero attached hydrogens (tertiary/aromatic N) is 4. The SMILES string of the molecule is CCOc1ccc(C(=O)NCc2cc3n(n2)CCN(C(=O)N(C)C)C3)cc1. The first-order valence-electron chi connectivity index (χ1n) is 9.01. The lowest BCUT2D eigenvalue weighted by atomic mass is 10.2. The summed E-state index contributed by atoms with van der Waals surface area (Å²) in [5.41, 5.74) is 2.33. The lowest BCUT2D eigenvalue weighted by molar-refractivity contribution is 0.0950. The molecule has 1 aromatic heterocycles. The molecule has 0 atom stereocenters. The summed E-state index contributed by atoms with van der Waals surface area (Å²) in [7, 11) is 3.49. The second kappa shape index (κ2) is 8.11. The maximum Gasteiger partial charge on any atom is 0.319 e. The number of hydrogen-bond acceptors (Lipinski definition) is 4. The molecule has 8 nitrogen and oxygen atoms in total. The molecule has 0 aliphatic carbocycles. The predicted octanol–water partition coefficient (Wildman–Crippen LogP) is 1.71. The lowest BCUT2D eigenvalue weighted by Gasteiger charge is -2.29. The van der Waals surface area contributed by atoms with Crippen molar-refractivity contribution >= 4 is 11.9 Å². The van der Waals surface area contributed by atoms with Crippen molar-refractivity contribution in [1.82, 2.24) is 24.9 Å². The van der Waals surface area contributed by atoms with Crippen molar-refractivity contribution < 1.29 is 14.3 Å². The summed E-state index contributed by atoms with van der Waals surface area (Å²) in [5.74, 6) is 0.584. The average molecular weight is 371 g/mol. The van der Waals surface area contributed by atoms with Gasteiger partial charge in [0.2, 0.25) is 0 Å². The molecule has 1 aliphatic rings. The van der Waals surface area contributed by atoms with Gasteiger partial charge in [-0.1, -0.05) is 0 Å². The number of carbonyl (C=O) groups excluding carboxylic acids is 2. The van der Waals surface area contributed by atoms with E-state index in [9.17, 15) is 9.59 Å². The molecule has 3 amide bonds. The number of rotatable bonds is 5. The van der Waals surface area contributed by atoms with Crippen molar-refractivity contribution in [2.24, 2.45) is 0 Å². The Morgan fingerprint density at radius 2 is 1.96 bits per heavy atom. The number of aromatic nitrogens is 2. The van der Waals surface area contributed by atoms with Gasteiger partial charge in [-0.05, 0) is 37.3 Å². The van der Waals surface area contributed by atoms with Crippen molar-refractivity contribution in [2.75, 3.05) is 27.2 Å². The van der Waals surface area contributed by atoms with Crippen LogP contribution < -0.4 is 10.1 Å². The molecule has 2 heterocycles. The van der Waals surface area contributed by atoms with E-state index in [1.807, 2.05) is 17.7 Å². The van der Waals surface area contributed by atoms with Crippen molar-refractivity contribution in [3.05, 3.63) is 47.3 Å². The maximum atomic E-state index is 12.3.